The smallest absolute Gasteiger partial charge is 0.0594 e. The van der Waals surface area contributed by atoms with Gasteiger partial charge in [0.1, 0.15) is 0 Å². The van der Waals surface area contributed by atoms with Crippen LogP contribution in [0.25, 0.3) is 0 Å². The van der Waals surface area contributed by atoms with Crippen LogP contribution in [0.15, 0.2) is 24.3 Å². The lowest BCUT2D eigenvalue weighted by molar-refractivity contribution is 0.0342. The number of ether oxygens (including phenoxy) is 1. The van der Waals surface area contributed by atoms with Crippen molar-refractivity contribution in [3.05, 3.63) is 29.8 Å². The Balaban J connectivity index is 1.86. The molecule has 1 aliphatic rings. The summed E-state index contributed by atoms with van der Waals surface area (Å²) in [7, 11) is 0. The van der Waals surface area contributed by atoms with Crippen LogP contribution in [0.2, 0.25) is 0 Å². The fourth-order valence-electron chi connectivity index (χ4n) is 2.07. The van der Waals surface area contributed by atoms with Crippen LogP contribution in [-0.4, -0.2) is 43.8 Å². The third-order valence-electron chi connectivity index (χ3n) is 3.23. The molecule has 2 rings (SSSR count). The summed E-state index contributed by atoms with van der Waals surface area (Å²) >= 11 is 0. The van der Waals surface area contributed by atoms with Crippen molar-refractivity contribution in [2.24, 2.45) is 5.73 Å². The van der Waals surface area contributed by atoms with Crippen molar-refractivity contribution in [1.82, 2.24) is 4.90 Å². The summed E-state index contributed by atoms with van der Waals surface area (Å²) in [6.45, 7) is 7.52. The van der Waals surface area contributed by atoms with Crippen LogP contribution < -0.4 is 11.1 Å². The molecule has 100 valence electrons. The molecule has 0 radical (unpaired) electrons. The molecule has 1 aromatic carbocycles. The van der Waals surface area contributed by atoms with Crippen LogP contribution >= 0.6 is 0 Å². The van der Waals surface area contributed by atoms with Gasteiger partial charge in [0.25, 0.3) is 0 Å². The molecule has 18 heavy (non-hydrogen) atoms. The predicted octanol–water partition coefficient (Wildman–Crippen LogP) is 1.28. The molecule has 0 bridgehead atoms. The zero-order valence-corrected chi connectivity index (χ0v) is 11.1. The van der Waals surface area contributed by atoms with Gasteiger partial charge >= 0.3 is 0 Å². The highest BCUT2D eigenvalue weighted by Crippen LogP contribution is 2.13. The minimum Gasteiger partial charge on any atom is -0.381 e. The van der Waals surface area contributed by atoms with Gasteiger partial charge in [0, 0.05) is 37.9 Å². The number of anilines is 1. The van der Waals surface area contributed by atoms with Gasteiger partial charge in [-0.15, -0.1) is 0 Å². The minimum atomic E-state index is 0.315. The summed E-state index contributed by atoms with van der Waals surface area (Å²) in [5.41, 5.74) is 8.08. The minimum absolute atomic E-state index is 0.315. The van der Waals surface area contributed by atoms with Crippen LogP contribution in [0.5, 0.6) is 0 Å². The first kappa shape index (κ1) is 13.3. The number of benzene rings is 1. The van der Waals surface area contributed by atoms with E-state index in [4.69, 9.17) is 10.5 Å². The molecule has 0 saturated carbocycles. The third kappa shape index (κ3) is 3.98. The summed E-state index contributed by atoms with van der Waals surface area (Å²) in [5.74, 6) is 0. The maximum atomic E-state index is 5.59. The van der Waals surface area contributed by atoms with E-state index in [0.29, 0.717) is 12.6 Å². The number of nitrogens with two attached hydrogens (primary N) is 1. The number of nitrogens with one attached hydrogen (secondary N) is 1. The van der Waals surface area contributed by atoms with Crippen molar-refractivity contribution in [1.29, 1.82) is 0 Å². The largest absolute Gasteiger partial charge is 0.381 e. The second kappa shape index (κ2) is 6.73. The number of nitrogens with zero attached hydrogens (tertiary/aromatic N) is 1. The second-order valence-corrected chi connectivity index (χ2v) is 4.87. The fourth-order valence-corrected chi connectivity index (χ4v) is 2.07. The monoisotopic (exact) mass is 249 g/mol. The normalized spacial score (nSPS) is 18.6. The average molecular weight is 249 g/mol. The van der Waals surface area contributed by atoms with Crippen LogP contribution in [0.4, 0.5) is 5.69 Å². The topological polar surface area (TPSA) is 50.5 Å². The Kier molecular flexibility index (Phi) is 4.99. The summed E-state index contributed by atoms with van der Waals surface area (Å²) in [5, 5.41) is 3.36. The van der Waals surface area contributed by atoms with E-state index < -0.39 is 0 Å². The second-order valence-electron chi connectivity index (χ2n) is 4.87. The molecule has 3 N–H and O–H groups in total. The van der Waals surface area contributed by atoms with Crippen LogP contribution in [0, 0.1) is 0 Å². The lowest BCUT2D eigenvalue weighted by Gasteiger charge is -2.26. The van der Waals surface area contributed by atoms with E-state index in [9.17, 15) is 0 Å². The number of hydrogen-bond acceptors (Lipinski definition) is 4. The van der Waals surface area contributed by atoms with Crippen molar-refractivity contribution >= 4 is 5.69 Å². The quantitative estimate of drug-likeness (QED) is 0.825. The Hall–Kier alpha value is -1.10. The molecule has 1 aliphatic heterocycles. The molecule has 1 unspecified atom stereocenters. The summed E-state index contributed by atoms with van der Waals surface area (Å²) in [6.07, 6.45) is 0. The molecule has 1 saturated heterocycles. The Morgan fingerprint density at radius 2 is 1.94 bits per heavy atom. The molecule has 0 aromatic heterocycles. The average Bonchev–Trinajstić information content (AvgIpc) is 2.42. The SMILES string of the molecule is CC(CN)Nc1ccc(CN2CCOCC2)cc1. The maximum absolute atomic E-state index is 5.59. The van der Waals surface area contributed by atoms with Crippen LogP contribution in [-0.2, 0) is 11.3 Å². The Morgan fingerprint density at radius 3 is 2.56 bits per heavy atom. The number of hydrogen-bond donors (Lipinski definition) is 2. The summed E-state index contributed by atoms with van der Waals surface area (Å²) in [4.78, 5) is 2.43. The van der Waals surface area contributed by atoms with E-state index in [1.165, 1.54) is 5.56 Å². The molecular formula is C14H23N3O. The predicted molar refractivity (Wildman–Crippen MR) is 74.7 cm³/mol. The molecule has 1 fully saturated rings. The van der Waals surface area contributed by atoms with Crippen LogP contribution in [0.1, 0.15) is 12.5 Å². The molecule has 4 heteroatoms. The van der Waals surface area contributed by atoms with Crippen molar-refractivity contribution in [3.8, 4) is 0 Å². The zero-order valence-electron chi connectivity index (χ0n) is 11.1. The van der Waals surface area contributed by atoms with E-state index in [2.05, 4.69) is 41.4 Å². The fraction of sp³-hybridized carbons (Fsp3) is 0.571. The maximum Gasteiger partial charge on any atom is 0.0594 e. The molecule has 0 amide bonds. The highest BCUT2D eigenvalue weighted by Gasteiger charge is 2.10. The number of morpholine rings is 1. The van der Waals surface area contributed by atoms with Crippen molar-refractivity contribution < 1.29 is 4.74 Å². The Labute approximate surface area is 109 Å². The molecule has 1 aromatic rings. The lowest BCUT2D eigenvalue weighted by atomic mass is 10.1. The first-order chi connectivity index (χ1) is 8.78. The first-order valence-corrected chi connectivity index (χ1v) is 6.63. The lowest BCUT2D eigenvalue weighted by Crippen LogP contribution is -2.35. The summed E-state index contributed by atoms with van der Waals surface area (Å²) in [6, 6.07) is 8.93. The van der Waals surface area contributed by atoms with Crippen molar-refractivity contribution in [3.63, 3.8) is 0 Å². The van der Waals surface area contributed by atoms with Crippen molar-refractivity contribution in [2.75, 3.05) is 38.2 Å². The molecule has 1 heterocycles. The van der Waals surface area contributed by atoms with Crippen LogP contribution in [0.3, 0.4) is 0 Å². The Morgan fingerprint density at radius 1 is 1.28 bits per heavy atom. The van der Waals surface area contributed by atoms with E-state index in [1.54, 1.807) is 0 Å². The van der Waals surface area contributed by atoms with Gasteiger partial charge in [-0.05, 0) is 24.6 Å². The summed E-state index contributed by atoms with van der Waals surface area (Å²) < 4.78 is 5.35. The highest BCUT2D eigenvalue weighted by atomic mass is 16.5. The zero-order chi connectivity index (χ0) is 12.8. The highest BCUT2D eigenvalue weighted by molar-refractivity contribution is 5.45. The van der Waals surface area contributed by atoms with Gasteiger partial charge in [0.15, 0.2) is 0 Å². The van der Waals surface area contributed by atoms with E-state index in [0.717, 1.165) is 38.5 Å². The van der Waals surface area contributed by atoms with E-state index in [-0.39, 0.29) is 0 Å². The Bertz CT molecular complexity index is 347. The molecular weight excluding hydrogens is 226 g/mol. The van der Waals surface area contributed by atoms with Gasteiger partial charge < -0.3 is 15.8 Å². The van der Waals surface area contributed by atoms with Gasteiger partial charge in [-0.1, -0.05) is 12.1 Å². The van der Waals surface area contributed by atoms with Gasteiger partial charge in [0.05, 0.1) is 13.2 Å². The molecule has 0 spiro atoms. The van der Waals surface area contributed by atoms with Crippen molar-refractivity contribution in [2.45, 2.75) is 19.5 Å². The standard InChI is InChI=1S/C14H23N3O/c1-12(10-15)16-14-4-2-13(3-5-14)11-17-6-8-18-9-7-17/h2-5,12,16H,6-11,15H2,1H3. The van der Waals surface area contributed by atoms with E-state index in [1.807, 2.05) is 0 Å². The first-order valence-electron chi connectivity index (χ1n) is 6.63. The molecule has 0 aliphatic carbocycles. The van der Waals surface area contributed by atoms with E-state index >= 15 is 0 Å². The van der Waals surface area contributed by atoms with Gasteiger partial charge in [-0.2, -0.15) is 0 Å². The van der Waals surface area contributed by atoms with Gasteiger partial charge in [0.2, 0.25) is 0 Å². The van der Waals surface area contributed by atoms with Gasteiger partial charge in [-0.3, -0.25) is 4.90 Å². The van der Waals surface area contributed by atoms with Gasteiger partial charge in [-0.25, -0.2) is 0 Å². The molecule has 1 atom stereocenters. The number of rotatable bonds is 5. The molecule has 4 nitrogen and oxygen atoms in total. The third-order valence-corrected chi connectivity index (χ3v) is 3.23.